The van der Waals surface area contributed by atoms with Crippen molar-refractivity contribution in [2.45, 2.75) is 26.7 Å². The maximum Gasteiger partial charge on any atom is 0.259 e. The molecule has 0 saturated heterocycles. The van der Waals surface area contributed by atoms with Gasteiger partial charge in [-0.2, -0.15) is 0 Å². The minimum atomic E-state index is -0.427. The van der Waals surface area contributed by atoms with Crippen LogP contribution >= 0.6 is 0 Å². The van der Waals surface area contributed by atoms with Crippen LogP contribution in [0.2, 0.25) is 0 Å². The molecule has 3 aromatic rings. The van der Waals surface area contributed by atoms with E-state index in [1.54, 1.807) is 38.2 Å². The van der Waals surface area contributed by atoms with E-state index in [9.17, 15) is 9.18 Å². The second-order valence-corrected chi connectivity index (χ2v) is 6.70. The van der Waals surface area contributed by atoms with E-state index in [4.69, 9.17) is 9.26 Å². The first-order chi connectivity index (χ1) is 12.9. The highest BCUT2D eigenvalue weighted by Crippen LogP contribution is 2.26. The van der Waals surface area contributed by atoms with Crippen LogP contribution in [0.4, 0.5) is 4.39 Å². The number of carbonyl (C=O) groups is 1. The minimum absolute atomic E-state index is 0.140. The number of aromatic nitrogens is 2. The van der Waals surface area contributed by atoms with Crippen molar-refractivity contribution in [1.29, 1.82) is 0 Å². The van der Waals surface area contributed by atoms with Crippen molar-refractivity contribution in [3.8, 4) is 5.75 Å². The average molecular weight is 371 g/mol. The molecule has 0 saturated carbocycles. The van der Waals surface area contributed by atoms with Crippen LogP contribution in [0.25, 0.3) is 11.1 Å². The zero-order valence-electron chi connectivity index (χ0n) is 15.8. The number of pyridine rings is 1. The van der Waals surface area contributed by atoms with Gasteiger partial charge in [-0.25, -0.2) is 9.37 Å². The standard InChI is InChI=1S/C20H22FN3O3/c1-12(2)16-11-14(18-13(3)23-27-19(18)22-16)20(25)24(4)9-10-26-17-8-6-5-7-15(17)21/h5-8,11-12H,9-10H2,1-4H3. The SMILES string of the molecule is Cc1noc2nc(C(C)C)cc(C(=O)N(C)CCOc3ccccc3F)c12. The number of para-hydroxylation sites is 1. The normalized spacial score (nSPS) is 11.2. The smallest absolute Gasteiger partial charge is 0.259 e. The fraction of sp³-hybridized carbons (Fsp3) is 0.350. The molecule has 1 amide bonds. The summed E-state index contributed by atoms with van der Waals surface area (Å²) in [5, 5.41) is 4.55. The van der Waals surface area contributed by atoms with Gasteiger partial charge in [0.15, 0.2) is 11.6 Å². The summed E-state index contributed by atoms with van der Waals surface area (Å²) in [5.74, 6) is -0.306. The van der Waals surface area contributed by atoms with Gasteiger partial charge in [-0.3, -0.25) is 4.79 Å². The van der Waals surface area contributed by atoms with Crippen LogP contribution in [0.15, 0.2) is 34.9 Å². The van der Waals surface area contributed by atoms with E-state index < -0.39 is 5.82 Å². The van der Waals surface area contributed by atoms with Gasteiger partial charge < -0.3 is 14.2 Å². The molecule has 27 heavy (non-hydrogen) atoms. The van der Waals surface area contributed by atoms with Crippen molar-refractivity contribution >= 4 is 17.0 Å². The Balaban J connectivity index is 1.78. The van der Waals surface area contributed by atoms with Crippen LogP contribution in [0.3, 0.4) is 0 Å². The lowest BCUT2D eigenvalue weighted by Crippen LogP contribution is -2.31. The number of amides is 1. The Bertz CT molecular complexity index is 968. The van der Waals surface area contributed by atoms with Gasteiger partial charge in [0.05, 0.1) is 23.2 Å². The summed E-state index contributed by atoms with van der Waals surface area (Å²) in [6.45, 7) is 6.26. The highest BCUT2D eigenvalue weighted by molar-refractivity contribution is 6.05. The molecule has 2 aromatic heterocycles. The third-order valence-electron chi connectivity index (χ3n) is 4.33. The molecule has 142 valence electrons. The maximum atomic E-state index is 13.6. The number of hydrogen-bond donors (Lipinski definition) is 0. The molecule has 3 rings (SSSR count). The van der Waals surface area contributed by atoms with Gasteiger partial charge in [0, 0.05) is 12.7 Å². The van der Waals surface area contributed by atoms with E-state index >= 15 is 0 Å². The minimum Gasteiger partial charge on any atom is -0.489 e. The van der Waals surface area contributed by atoms with Gasteiger partial charge in [-0.05, 0) is 31.0 Å². The average Bonchev–Trinajstić information content (AvgIpc) is 3.03. The molecule has 0 bridgehead atoms. The summed E-state index contributed by atoms with van der Waals surface area (Å²) in [5.41, 5.74) is 2.24. The quantitative estimate of drug-likeness (QED) is 0.656. The molecule has 7 heteroatoms. The summed E-state index contributed by atoms with van der Waals surface area (Å²) in [6.07, 6.45) is 0. The Morgan fingerprint density at radius 1 is 1.33 bits per heavy atom. The number of aryl methyl sites for hydroxylation is 1. The van der Waals surface area contributed by atoms with Crippen LogP contribution < -0.4 is 4.74 Å². The first kappa shape index (κ1) is 18.8. The summed E-state index contributed by atoms with van der Waals surface area (Å²) in [6, 6.07) is 7.97. The van der Waals surface area contributed by atoms with Gasteiger partial charge in [-0.1, -0.05) is 31.1 Å². The predicted octanol–water partition coefficient (Wildman–Crippen LogP) is 3.94. The van der Waals surface area contributed by atoms with Crippen LogP contribution in [0.5, 0.6) is 5.75 Å². The molecule has 1 aromatic carbocycles. The first-order valence-electron chi connectivity index (χ1n) is 8.78. The van der Waals surface area contributed by atoms with E-state index in [1.165, 1.54) is 11.0 Å². The number of ether oxygens (including phenoxy) is 1. The fourth-order valence-corrected chi connectivity index (χ4v) is 2.74. The molecule has 0 aliphatic carbocycles. The zero-order valence-corrected chi connectivity index (χ0v) is 15.8. The van der Waals surface area contributed by atoms with Crippen molar-refractivity contribution in [1.82, 2.24) is 15.0 Å². The van der Waals surface area contributed by atoms with Gasteiger partial charge in [0.25, 0.3) is 11.6 Å². The molecule has 0 radical (unpaired) electrons. The number of carbonyl (C=O) groups excluding carboxylic acids is 1. The molecule has 2 heterocycles. The number of fused-ring (bicyclic) bond motifs is 1. The molecule has 0 aliphatic heterocycles. The molecular weight excluding hydrogens is 349 g/mol. The predicted molar refractivity (Wildman–Crippen MR) is 99.5 cm³/mol. The van der Waals surface area contributed by atoms with Gasteiger partial charge >= 0.3 is 0 Å². The van der Waals surface area contributed by atoms with Gasteiger partial charge in [0.1, 0.15) is 6.61 Å². The summed E-state index contributed by atoms with van der Waals surface area (Å²) < 4.78 is 24.3. The summed E-state index contributed by atoms with van der Waals surface area (Å²) in [7, 11) is 1.68. The van der Waals surface area contributed by atoms with E-state index in [2.05, 4.69) is 10.1 Å². The number of nitrogens with zero attached hydrogens (tertiary/aromatic N) is 3. The van der Waals surface area contributed by atoms with Crippen molar-refractivity contribution in [3.63, 3.8) is 0 Å². The lowest BCUT2D eigenvalue weighted by molar-refractivity contribution is 0.0774. The number of rotatable bonds is 6. The Hall–Kier alpha value is -2.96. The highest BCUT2D eigenvalue weighted by atomic mass is 19.1. The third kappa shape index (κ3) is 3.92. The number of hydrogen-bond acceptors (Lipinski definition) is 5. The third-order valence-corrected chi connectivity index (χ3v) is 4.33. The Kier molecular flexibility index (Phi) is 5.39. The largest absolute Gasteiger partial charge is 0.489 e. The van der Waals surface area contributed by atoms with Crippen molar-refractivity contribution in [2.75, 3.05) is 20.2 Å². The molecule has 0 aliphatic rings. The number of benzene rings is 1. The van der Waals surface area contributed by atoms with E-state index in [0.717, 1.165) is 5.69 Å². The highest BCUT2D eigenvalue weighted by Gasteiger charge is 2.22. The van der Waals surface area contributed by atoms with Crippen LogP contribution in [-0.4, -0.2) is 41.1 Å². The first-order valence-corrected chi connectivity index (χ1v) is 8.78. The number of likely N-dealkylation sites (N-methyl/N-ethyl adjacent to an activating group) is 1. The topological polar surface area (TPSA) is 68.5 Å². The molecule has 0 unspecified atom stereocenters. The molecule has 0 spiro atoms. The maximum absolute atomic E-state index is 13.6. The lowest BCUT2D eigenvalue weighted by atomic mass is 10.0. The van der Waals surface area contributed by atoms with Crippen LogP contribution in [0, 0.1) is 12.7 Å². The van der Waals surface area contributed by atoms with Gasteiger partial charge in [0.2, 0.25) is 0 Å². The second-order valence-electron chi connectivity index (χ2n) is 6.70. The van der Waals surface area contributed by atoms with Crippen molar-refractivity contribution in [3.05, 3.63) is 53.1 Å². The monoisotopic (exact) mass is 371 g/mol. The van der Waals surface area contributed by atoms with E-state index in [1.807, 2.05) is 13.8 Å². The van der Waals surface area contributed by atoms with Crippen LogP contribution in [0.1, 0.15) is 41.5 Å². The molecular formula is C20H22FN3O3. The molecule has 6 nitrogen and oxygen atoms in total. The van der Waals surface area contributed by atoms with E-state index in [-0.39, 0.29) is 24.2 Å². The van der Waals surface area contributed by atoms with Crippen molar-refractivity contribution in [2.24, 2.45) is 0 Å². The fourth-order valence-electron chi connectivity index (χ4n) is 2.74. The molecule has 0 fully saturated rings. The van der Waals surface area contributed by atoms with Gasteiger partial charge in [-0.15, -0.1) is 0 Å². The van der Waals surface area contributed by atoms with Crippen molar-refractivity contribution < 1.29 is 18.4 Å². The zero-order chi connectivity index (χ0) is 19.6. The summed E-state index contributed by atoms with van der Waals surface area (Å²) >= 11 is 0. The Morgan fingerprint density at radius 2 is 2.07 bits per heavy atom. The van der Waals surface area contributed by atoms with Crippen LogP contribution in [-0.2, 0) is 0 Å². The number of halogens is 1. The van der Waals surface area contributed by atoms with E-state index in [0.29, 0.717) is 28.9 Å². The lowest BCUT2D eigenvalue weighted by Gasteiger charge is -2.19. The Morgan fingerprint density at radius 3 is 2.78 bits per heavy atom. The molecule has 0 N–H and O–H groups in total. The molecule has 0 atom stereocenters. The summed E-state index contributed by atoms with van der Waals surface area (Å²) in [4.78, 5) is 19.0. The Labute approximate surface area is 156 Å². The second kappa shape index (κ2) is 7.73.